The average Bonchev–Trinajstić information content (AvgIpc) is 2.46. The second-order valence-corrected chi connectivity index (χ2v) is 5.11. The lowest BCUT2D eigenvalue weighted by molar-refractivity contribution is -0.118. The largest absolute Gasteiger partial charge is 0.376 e. The molecule has 2 aromatic carbocycles. The first kappa shape index (κ1) is 14.6. The summed E-state index contributed by atoms with van der Waals surface area (Å²) in [6.07, 6.45) is 0. The Morgan fingerprint density at radius 2 is 1.70 bits per heavy atom. The molecule has 0 bridgehead atoms. The van der Waals surface area contributed by atoms with Gasteiger partial charge in [-0.1, -0.05) is 41.9 Å². The predicted octanol–water partition coefficient (Wildman–Crippen LogP) is 3.41. The molecule has 0 fully saturated rings. The van der Waals surface area contributed by atoms with Crippen LogP contribution in [0.5, 0.6) is 0 Å². The van der Waals surface area contributed by atoms with Crippen molar-refractivity contribution in [3.63, 3.8) is 0 Å². The highest BCUT2D eigenvalue weighted by atomic mass is 35.5. The lowest BCUT2D eigenvalue weighted by atomic mass is 9.97. The van der Waals surface area contributed by atoms with Gasteiger partial charge in [-0.2, -0.15) is 0 Å². The summed E-state index contributed by atoms with van der Waals surface area (Å²) >= 11 is 5.90. The normalized spacial score (nSPS) is 13.6. The quantitative estimate of drug-likeness (QED) is 0.886. The van der Waals surface area contributed by atoms with Crippen molar-refractivity contribution in [1.82, 2.24) is 0 Å². The molecule has 2 unspecified atom stereocenters. The van der Waals surface area contributed by atoms with Gasteiger partial charge in [-0.25, -0.2) is 0 Å². The number of benzene rings is 2. The van der Waals surface area contributed by atoms with Crippen LogP contribution >= 0.6 is 11.6 Å². The number of halogens is 1. The first-order valence-electron chi connectivity index (χ1n) is 6.41. The minimum Gasteiger partial charge on any atom is -0.376 e. The molecule has 0 amide bonds. The number of rotatable bonds is 5. The molecule has 4 heteroatoms. The Kier molecular flexibility index (Phi) is 4.77. The third kappa shape index (κ3) is 3.59. The maximum absolute atomic E-state index is 11.6. The molecule has 3 N–H and O–H groups in total. The van der Waals surface area contributed by atoms with Crippen molar-refractivity contribution < 1.29 is 4.79 Å². The summed E-state index contributed by atoms with van der Waals surface area (Å²) in [4.78, 5) is 11.6. The highest BCUT2D eigenvalue weighted by molar-refractivity contribution is 6.30. The van der Waals surface area contributed by atoms with Crippen LogP contribution in [-0.4, -0.2) is 11.8 Å². The van der Waals surface area contributed by atoms with Crippen LogP contribution in [0.3, 0.4) is 0 Å². The van der Waals surface area contributed by atoms with E-state index in [4.69, 9.17) is 17.3 Å². The molecule has 0 aromatic heterocycles. The topological polar surface area (TPSA) is 55.1 Å². The Balaban J connectivity index is 2.29. The van der Waals surface area contributed by atoms with E-state index in [1.54, 1.807) is 12.1 Å². The smallest absolute Gasteiger partial charge is 0.148 e. The van der Waals surface area contributed by atoms with Gasteiger partial charge in [0.2, 0.25) is 0 Å². The van der Waals surface area contributed by atoms with Crippen LogP contribution < -0.4 is 11.1 Å². The zero-order chi connectivity index (χ0) is 14.5. The molecule has 0 spiro atoms. The summed E-state index contributed by atoms with van der Waals surface area (Å²) in [7, 11) is 0. The van der Waals surface area contributed by atoms with Gasteiger partial charge >= 0.3 is 0 Å². The molecule has 0 radical (unpaired) electrons. The SMILES string of the molecule is CC(=O)C(N)C(Nc1ccccc1)c1ccc(Cl)cc1. The zero-order valence-corrected chi connectivity index (χ0v) is 12.0. The third-order valence-corrected chi connectivity index (χ3v) is 3.41. The molecule has 2 aromatic rings. The van der Waals surface area contributed by atoms with E-state index in [1.807, 2.05) is 42.5 Å². The molecule has 0 aliphatic heterocycles. The summed E-state index contributed by atoms with van der Waals surface area (Å²) in [6.45, 7) is 1.50. The summed E-state index contributed by atoms with van der Waals surface area (Å²) in [5, 5.41) is 3.96. The Bertz CT molecular complexity index is 569. The van der Waals surface area contributed by atoms with E-state index in [-0.39, 0.29) is 11.8 Å². The number of para-hydroxylation sites is 1. The minimum absolute atomic E-state index is 0.0617. The summed E-state index contributed by atoms with van der Waals surface area (Å²) in [5.74, 6) is -0.0617. The fourth-order valence-electron chi connectivity index (χ4n) is 2.00. The molecule has 0 aliphatic rings. The number of nitrogens with one attached hydrogen (secondary N) is 1. The number of nitrogens with two attached hydrogens (primary N) is 1. The number of ketones is 1. The molecule has 104 valence electrons. The van der Waals surface area contributed by atoms with Crippen LogP contribution in [0.25, 0.3) is 0 Å². The maximum atomic E-state index is 11.6. The van der Waals surface area contributed by atoms with Gasteiger partial charge in [-0.15, -0.1) is 0 Å². The van der Waals surface area contributed by atoms with Crippen LogP contribution in [0.15, 0.2) is 54.6 Å². The van der Waals surface area contributed by atoms with Crippen molar-refractivity contribution in [1.29, 1.82) is 0 Å². The van der Waals surface area contributed by atoms with E-state index < -0.39 is 6.04 Å². The molecule has 0 aliphatic carbocycles. The predicted molar refractivity (Wildman–Crippen MR) is 82.9 cm³/mol. The molecule has 20 heavy (non-hydrogen) atoms. The number of carbonyl (C=O) groups excluding carboxylic acids is 1. The second-order valence-electron chi connectivity index (χ2n) is 4.68. The molecule has 0 saturated carbocycles. The van der Waals surface area contributed by atoms with Gasteiger partial charge in [-0.3, -0.25) is 4.79 Å². The van der Waals surface area contributed by atoms with Gasteiger partial charge in [0.15, 0.2) is 0 Å². The van der Waals surface area contributed by atoms with Gasteiger partial charge in [0.1, 0.15) is 5.78 Å². The first-order valence-corrected chi connectivity index (χ1v) is 6.79. The molecule has 0 saturated heterocycles. The van der Waals surface area contributed by atoms with Crippen molar-refractivity contribution in [3.8, 4) is 0 Å². The van der Waals surface area contributed by atoms with E-state index in [2.05, 4.69) is 5.32 Å². The highest BCUT2D eigenvalue weighted by Gasteiger charge is 2.23. The molecular formula is C16H17ClN2O. The van der Waals surface area contributed by atoms with E-state index in [1.165, 1.54) is 6.92 Å². The fraction of sp³-hybridized carbons (Fsp3) is 0.188. The summed E-state index contributed by atoms with van der Waals surface area (Å²) in [6, 6.07) is 16.1. The van der Waals surface area contributed by atoms with Crippen molar-refractivity contribution in [2.75, 3.05) is 5.32 Å². The maximum Gasteiger partial charge on any atom is 0.148 e. The van der Waals surface area contributed by atoms with Crippen LogP contribution in [0.2, 0.25) is 5.02 Å². The van der Waals surface area contributed by atoms with Crippen LogP contribution in [0.1, 0.15) is 18.5 Å². The second kappa shape index (κ2) is 6.55. The van der Waals surface area contributed by atoms with Crippen LogP contribution in [0, 0.1) is 0 Å². The van der Waals surface area contributed by atoms with Gasteiger partial charge < -0.3 is 11.1 Å². The van der Waals surface area contributed by atoms with Crippen LogP contribution in [0.4, 0.5) is 5.69 Å². The van der Waals surface area contributed by atoms with E-state index in [0.29, 0.717) is 5.02 Å². The Morgan fingerprint density at radius 3 is 2.25 bits per heavy atom. The van der Waals surface area contributed by atoms with Gasteiger partial charge in [0.05, 0.1) is 12.1 Å². The number of carbonyl (C=O) groups is 1. The van der Waals surface area contributed by atoms with Crippen LogP contribution in [-0.2, 0) is 4.79 Å². The fourth-order valence-corrected chi connectivity index (χ4v) is 2.13. The highest BCUT2D eigenvalue weighted by Crippen LogP contribution is 2.23. The average molecular weight is 289 g/mol. The Hall–Kier alpha value is -1.84. The Labute approximate surface area is 123 Å². The van der Waals surface area contributed by atoms with Crippen molar-refractivity contribution in [2.45, 2.75) is 19.0 Å². The zero-order valence-electron chi connectivity index (χ0n) is 11.2. The van der Waals surface area contributed by atoms with Gasteiger partial charge in [0, 0.05) is 10.7 Å². The van der Waals surface area contributed by atoms with Gasteiger partial charge in [0.25, 0.3) is 0 Å². The number of hydrogen-bond acceptors (Lipinski definition) is 3. The van der Waals surface area contributed by atoms with Gasteiger partial charge in [-0.05, 0) is 36.8 Å². The minimum atomic E-state index is -0.614. The van der Waals surface area contributed by atoms with E-state index in [0.717, 1.165) is 11.3 Å². The molecular weight excluding hydrogens is 272 g/mol. The van der Waals surface area contributed by atoms with E-state index in [9.17, 15) is 4.79 Å². The Morgan fingerprint density at radius 1 is 1.10 bits per heavy atom. The molecule has 2 atom stereocenters. The number of Topliss-reactive ketones (excluding diaryl/α,β-unsaturated/α-hetero) is 1. The van der Waals surface area contributed by atoms with Crippen molar-refractivity contribution in [3.05, 3.63) is 65.2 Å². The first-order chi connectivity index (χ1) is 9.58. The summed E-state index contributed by atoms with van der Waals surface area (Å²) in [5.41, 5.74) is 7.89. The monoisotopic (exact) mass is 288 g/mol. The lowest BCUT2D eigenvalue weighted by Gasteiger charge is -2.25. The standard InChI is InChI=1S/C16H17ClN2O/c1-11(20)15(18)16(12-7-9-13(17)10-8-12)19-14-5-3-2-4-6-14/h2-10,15-16,19H,18H2,1H3. The molecule has 3 nitrogen and oxygen atoms in total. The number of anilines is 1. The lowest BCUT2D eigenvalue weighted by Crippen LogP contribution is -2.39. The van der Waals surface area contributed by atoms with E-state index >= 15 is 0 Å². The van der Waals surface area contributed by atoms with Crippen molar-refractivity contribution >= 4 is 23.1 Å². The number of hydrogen-bond donors (Lipinski definition) is 2. The molecule has 2 rings (SSSR count). The third-order valence-electron chi connectivity index (χ3n) is 3.15. The summed E-state index contributed by atoms with van der Waals surface area (Å²) < 4.78 is 0. The molecule has 0 heterocycles. The van der Waals surface area contributed by atoms with Crippen molar-refractivity contribution in [2.24, 2.45) is 5.73 Å².